The summed E-state index contributed by atoms with van der Waals surface area (Å²) in [5.41, 5.74) is 2.87. The minimum Gasteiger partial charge on any atom is -0.367 e. The number of ketones is 1. The van der Waals surface area contributed by atoms with Crippen LogP contribution in [0.25, 0.3) is 0 Å². The fraction of sp³-hybridized carbons (Fsp3) is 0.519. The van der Waals surface area contributed by atoms with Gasteiger partial charge in [0.05, 0.1) is 5.69 Å². The zero-order chi connectivity index (χ0) is 21.8. The molecule has 2 aromatic rings. The van der Waals surface area contributed by atoms with E-state index in [0.29, 0.717) is 18.2 Å². The number of benzene rings is 2. The first-order valence-corrected chi connectivity index (χ1v) is 12.0. The Morgan fingerprint density at radius 1 is 1.00 bits per heavy atom. The number of halogens is 1. The molecule has 1 saturated carbocycles. The lowest BCUT2D eigenvalue weighted by atomic mass is 9.93. The summed E-state index contributed by atoms with van der Waals surface area (Å²) in [5, 5.41) is 0. The molecule has 0 N–H and O–H groups in total. The molecule has 1 atom stereocenters. The van der Waals surface area contributed by atoms with E-state index in [1.807, 2.05) is 26.0 Å². The molecule has 0 aromatic heterocycles. The van der Waals surface area contributed by atoms with Crippen LogP contribution in [0.4, 0.5) is 10.1 Å². The molecule has 0 spiro atoms. The Bertz CT molecular complexity index is 868. The van der Waals surface area contributed by atoms with E-state index in [0.717, 1.165) is 50.5 Å². The second-order valence-electron chi connectivity index (χ2n) is 9.16. The van der Waals surface area contributed by atoms with Crippen molar-refractivity contribution in [3.63, 3.8) is 0 Å². The average molecular weight is 423 g/mol. The summed E-state index contributed by atoms with van der Waals surface area (Å²) in [5.74, 6) is 0.861. The van der Waals surface area contributed by atoms with Crippen LogP contribution in [0.3, 0.4) is 0 Å². The van der Waals surface area contributed by atoms with Crippen LogP contribution in [0.15, 0.2) is 48.5 Å². The standard InChI is InChI=1S/C27H35FN2O/c1-3-21(4-2)26(31)19-20-10-13-25(24(28)18-20)29-14-16-30(17-15-29)27(23-11-12-23)22-8-6-5-7-9-22/h5-10,13,18,21,23,27H,3-4,11-12,14-17,19H2,1-2H3. The number of anilines is 1. The highest BCUT2D eigenvalue weighted by molar-refractivity contribution is 5.83. The lowest BCUT2D eigenvalue weighted by molar-refractivity contribution is -0.122. The van der Waals surface area contributed by atoms with Crippen molar-refractivity contribution in [2.75, 3.05) is 31.1 Å². The number of hydrogen-bond donors (Lipinski definition) is 0. The zero-order valence-corrected chi connectivity index (χ0v) is 18.9. The van der Waals surface area contributed by atoms with Crippen LogP contribution in [-0.4, -0.2) is 36.9 Å². The Hall–Kier alpha value is -2.20. The number of carbonyl (C=O) groups is 1. The first-order chi connectivity index (χ1) is 15.1. The summed E-state index contributed by atoms with van der Waals surface area (Å²) in [6, 6.07) is 16.7. The van der Waals surface area contributed by atoms with E-state index in [4.69, 9.17) is 0 Å². The molecule has 2 aliphatic rings. The summed E-state index contributed by atoms with van der Waals surface area (Å²) in [6.45, 7) is 7.65. The lowest BCUT2D eigenvalue weighted by Crippen LogP contribution is -2.48. The summed E-state index contributed by atoms with van der Waals surface area (Å²) in [6.07, 6.45) is 4.66. The Morgan fingerprint density at radius 2 is 1.68 bits per heavy atom. The smallest absolute Gasteiger partial charge is 0.146 e. The molecular formula is C27H35FN2O. The van der Waals surface area contributed by atoms with Gasteiger partial charge in [0.15, 0.2) is 0 Å². The van der Waals surface area contributed by atoms with E-state index in [-0.39, 0.29) is 17.5 Å². The first kappa shape index (κ1) is 22.0. The Kier molecular flexibility index (Phi) is 7.06. The Balaban J connectivity index is 1.39. The number of carbonyl (C=O) groups excluding carboxylic acids is 1. The van der Waals surface area contributed by atoms with Crippen molar-refractivity contribution in [1.29, 1.82) is 0 Å². The van der Waals surface area contributed by atoms with E-state index in [9.17, 15) is 9.18 Å². The highest BCUT2D eigenvalue weighted by atomic mass is 19.1. The number of piperazine rings is 1. The maximum atomic E-state index is 14.9. The second kappa shape index (κ2) is 9.95. The molecule has 0 radical (unpaired) electrons. The second-order valence-corrected chi connectivity index (χ2v) is 9.16. The van der Waals surface area contributed by atoms with Gasteiger partial charge in [0.2, 0.25) is 0 Å². The molecule has 4 heteroatoms. The molecule has 1 aliphatic carbocycles. The van der Waals surface area contributed by atoms with Crippen LogP contribution in [-0.2, 0) is 11.2 Å². The van der Waals surface area contributed by atoms with Crippen LogP contribution < -0.4 is 4.90 Å². The maximum Gasteiger partial charge on any atom is 0.146 e. The molecule has 166 valence electrons. The van der Waals surface area contributed by atoms with Crippen molar-refractivity contribution < 1.29 is 9.18 Å². The van der Waals surface area contributed by atoms with Crippen LogP contribution in [0.5, 0.6) is 0 Å². The first-order valence-electron chi connectivity index (χ1n) is 12.0. The molecule has 31 heavy (non-hydrogen) atoms. The normalized spacial score (nSPS) is 18.4. The third-order valence-electron chi connectivity index (χ3n) is 7.09. The van der Waals surface area contributed by atoms with E-state index < -0.39 is 0 Å². The molecule has 1 saturated heterocycles. The molecule has 3 nitrogen and oxygen atoms in total. The van der Waals surface area contributed by atoms with Gasteiger partial charge in [0, 0.05) is 44.6 Å². The summed E-state index contributed by atoms with van der Waals surface area (Å²) in [4.78, 5) is 17.2. The summed E-state index contributed by atoms with van der Waals surface area (Å²) in [7, 11) is 0. The van der Waals surface area contributed by atoms with E-state index in [2.05, 4.69) is 40.1 Å². The monoisotopic (exact) mass is 422 g/mol. The highest BCUT2D eigenvalue weighted by Gasteiger charge is 2.37. The van der Waals surface area contributed by atoms with Gasteiger partial charge in [-0.15, -0.1) is 0 Å². The quantitative estimate of drug-likeness (QED) is 0.522. The molecule has 2 aromatic carbocycles. The maximum absolute atomic E-state index is 14.9. The van der Waals surface area contributed by atoms with Crippen LogP contribution in [0.1, 0.15) is 56.7 Å². The van der Waals surface area contributed by atoms with Crippen molar-refractivity contribution in [2.24, 2.45) is 11.8 Å². The lowest BCUT2D eigenvalue weighted by Gasteiger charge is -2.40. The van der Waals surface area contributed by atoms with Crippen molar-refractivity contribution >= 4 is 11.5 Å². The topological polar surface area (TPSA) is 23.6 Å². The van der Waals surface area contributed by atoms with E-state index >= 15 is 0 Å². The molecule has 1 aliphatic heterocycles. The Morgan fingerprint density at radius 3 is 2.26 bits per heavy atom. The number of hydrogen-bond acceptors (Lipinski definition) is 3. The predicted molar refractivity (Wildman–Crippen MR) is 125 cm³/mol. The SMILES string of the molecule is CCC(CC)C(=O)Cc1ccc(N2CCN(C(c3ccccc3)C3CC3)CC2)c(F)c1. The van der Waals surface area contributed by atoms with Gasteiger partial charge >= 0.3 is 0 Å². The van der Waals surface area contributed by atoms with Crippen LogP contribution in [0.2, 0.25) is 0 Å². The van der Waals surface area contributed by atoms with Gasteiger partial charge in [-0.25, -0.2) is 4.39 Å². The van der Waals surface area contributed by atoms with Crippen LogP contribution >= 0.6 is 0 Å². The molecule has 4 rings (SSSR count). The predicted octanol–water partition coefficient (Wildman–Crippen LogP) is 5.65. The van der Waals surface area contributed by atoms with Crippen LogP contribution in [0, 0.1) is 17.7 Å². The van der Waals surface area contributed by atoms with Crippen molar-refractivity contribution in [2.45, 2.75) is 52.0 Å². The molecule has 0 amide bonds. The van der Waals surface area contributed by atoms with Crippen molar-refractivity contribution in [3.8, 4) is 0 Å². The molecule has 0 bridgehead atoms. The highest BCUT2D eigenvalue weighted by Crippen LogP contribution is 2.45. The third-order valence-corrected chi connectivity index (χ3v) is 7.09. The zero-order valence-electron chi connectivity index (χ0n) is 18.9. The van der Waals surface area contributed by atoms with Gasteiger partial charge in [-0.1, -0.05) is 50.2 Å². The largest absolute Gasteiger partial charge is 0.367 e. The number of nitrogens with zero attached hydrogens (tertiary/aromatic N) is 2. The summed E-state index contributed by atoms with van der Waals surface area (Å²) < 4.78 is 14.9. The van der Waals surface area contributed by atoms with Gasteiger partial charge in [0.1, 0.15) is 11.6 Å². The van der Waals surface area contributed by atoms with Crippen molar-refractivity contribution in [1.82, 2.24) is 4.90 Å². The fourth-order valence-corrected chi connectivity index (χ4v) is 5.09. The molecule has 1 unspecified atom stereocenters. The van der Waals surface area contributed by atoms with Crippen molar-refractivity contribution in [3.05, 3.63) is 65.5 Å². The molecule has 1 heterocycles. The van der Waals surface area contributed by atoms with Gasteiger partial charge in [-0.3, -0.25) is 9.69 Å². The Labute approximate surface area is 186 Å². The summed E-state index contributed by atoms with van der Waals surface area (Å²) >= 11 is 0. The third kappa shape index (κ3) is 5.17. The van der Waals surface area contributed by atoms with E-state index in [1.54, 1.807) is 6.07 Å². The molecular weight excluding hydrogens is 387 g/mol. The number of rotatable bonds is 9. The van der Waals surface area contributed by atoms with Gasteiger partial charge < -0.3 is 4.90 Å². The van der Waals surface area contributed by atoms with Gasteiger partial charge in [0.25, 0.3) is 0 Å². The minimum atomic E-state index is -0.204. The van der Waals surface area contributed by atoms with Gasteiger partial charge in [-0.05, 0) is 54.9 Å². The fourth-order valence-electron chi connectivity index (χ4n) is 5.09. The average Bonchev–Trinajstić information content (AvgIpc) is 3.61. The molecule has 2 fully saturated rings. The van der Waals surface area contributed by atoms with E-state index in [1.165, 1.54) is 18.4 Å². The van der Waals surface area contributed by atoms with Gasteiger partial charge in [-0.2, -0.15) is 0 Å². The minimum absolute atomic E-state index is 0.0832. The number of Topliss-reactive ketones (excluding diaryl/α,β-unsaturated/α-hetero) is 1.